The Labute approximate surface area is 139 Å². The van der Waals surface area contributed by atoms with E-state index in [0.29, 0.717) is 15.8 Å². The van der Waals surface area contributed by atoms with Crippen molar-refractivity contribution in [2.45, 2.75) is 18.9 Å². The number of fused-ring (bicyclic) bond motifs is 1. The molecule has 0 radical (unpaired) electrons. The maximum absolute atomic E-state index is 12.1. The fourth-order valence-corrected chi connectivity index (χ4v) is 3.14. The Kier molecular flexibility index (Phi) is 4.55. The number of aryl methyl sites for hydroxylation is 1. The molecule has 1 atom stereocenters. The van der Waals surface area contributed by atoms with Gasteiger partial charge in [0.2, 0.25) is 0 Å². The summed E-state index contributed by atoms with van der Waals surface area (Å²) in [6.45, 7) is -0.0694. The van der Waals surface area contributed by atoms with Crippen molar-refractivity contribution in [1.29, 1.82) is 0 Å². The largest absolute Gasteiger partial charge is 0.482 e. The summed E-state index contributed by atoms with van der Waals surface area (Å²) in [5.41, 5.74) is 2.50. The van der Waals surface area contributed by atoms with Crippen LogP contribution in [0.4, 0.5) is 0 Å². The minimum absolute atomic E-state index is 0.0630. The molecule has 1 amide bonds. The number of hydrogen-bond donors (Lipinski definition) is 1. The van der Waals surface area contributed by atoms with Crippen LogP contribution in [0.1, 0.15) is 23.6 Å². The lowest BCUT2D eigenvalue weighted by Gasteiger charge is -2.15. The first-order chi connectivity index (χ1) is 10.6. The van der Waals surface area contributed by atoms with Crippen LogP contribution in [0.3, 0.4) is 0 Å². The molecule has 0 fully saturated rings. The predicted molar refractivity (Wildman–Crippen MR) is 87.6 cm³/mol. The number of nitrogens with one attached hydrogen (secondary N) is 1. The molecule has 0 unspecified atom stereocenters. The Morgan fingerprint density at radius 2 is 2.05 bits per heavy atom. The monoisotopic (exact) mass is 335 g/mol. The lowest BCUT2D eigenvalue weighted by atomic mass is 10.1. The Hall–Kier alpha value is -1.71. The van der Waals surface area contributed by atoms with Crippen LogP contribution in [0.5, 0.6) is 5.75 Å². The average Bonchev–Trinajstić information content (AvgIpc) is 2.90. The average molecular weight is 336 g/mol. The molecule has 1 aliphatic carbocycles. The van der Waals surface area contributed by atoms with E-state index in [4.69, 9.17) is 27.9 Å². The first kappa shape index (κ1) is 15.2. The predicted octanol–water partition coefficient (Wildman–Crippen LogP) is 4.18. The van der Waals surface area contributed by atoms with Gasteiger partial charge in [-0.1, -0.05) is 47.5 Å². The van der Waals surface area contributed by atoms with Crippen molar-refractivity contribution in [3.8, 4) is 5.75 Å². The van der Waals surface area contributed by atoms with E-state index in [2.05, 4.69) is 17.4 Å². The molecule has 0 spiro atoms. The van der Waals surface area contributed by atoms with Crippen molar-refractivity contribution in [2.24, 2.45) is 0 Å². The lowest BCUT2D eigenvalue weighted by Crippen LogP contribution is -2.31. The van der Waals surface area contributed by atoms with Gasteiger partial charge in [-0.3, -0.25) is 4.79 Å². The molecule has 0 saturated heterocycles. The van der Waals surface area contributed by atoms with E-state index in [1.807, 2.05) is 12.1 Å². The van der Waals surface area contributed by atoms with Crippen LogP contribution in [0, 0.1) is 0 Å². The lowest BCUT2D eigenvalue weighted by molar-refractivity contribution is -0.123. The zero-order valence-corrected chi connectivity index (χ0v) is 13.3. The van der Waals surface area contributed by atoms with Crippen LogP contribution in [0.15, 0.2) is 42.5 Å². The van der Waals surface area contributed by atoms with Crippen LogP contribution in [-0.4, -0.2) is 12.5 Å². The standard InChI is InChI=1S/C17H15Cl2NO2/c18-12-6-8-16(14(19)9-12)22-10-17(21)20-15-7-5-11-3-1-2-4-13(11)15/h1-4,6,8-9,15H,5,7,10H2,(H,20,21)/t15-/m1/s1. The Bertz CT molecular complexity index is 703. The molecule has 22 heavy (non-hydrogen) atoms. The van der Waals surface area contributed by atoms with Crippen LogP contribution < -0.4 is 10.1 Å². The molecule has 3 nitrogen and oxygen atoms in total. The topological polar surface area (TPSA) is 38.3 Å². The third-order valence-electron chi connectivity index (χ3n) is 3.72. The summed E-state index contributed by atoms with van der Waals surface area (Å²) >= 11 is 11.8. The highest BCUT2D eigenvalue weighted by Gasteiger charge is 2.23. The van der Waals surface area contributed by atoms with E-state index in [1.165, 1.54) is 11.1 Å². The van der Waals surface area contributed by atoms with Crippen LogP contribution in [0.25, 0.3) is 0 Å². The highest BCUT2D eigenvalue weighted by Crippen LogP contribution is 2.31. The van der Waals surface area contributed by atoms with Crippen molar-refractivity contribution < 1.29 is 9.53 Å². The summed E-state index contributed by atoms with van der Waals surface area (Å²) < 4.78 is 5.45. The Morgan fingerprint density at radius 3 is 2.86 bits per heavy atom. The second-order valence-electron chi connectivity index (χ2n) is 5.22. The summed E-state index contributed by atoms with van der Waals surface area (Å²) in [4.78, 5) is 12.1. The number of hydrogen-bond acceptors (Lipinski definition) is 2. The maximum atomic E-state index is 12.1. The maximum Gasteiger partial charge on any atom is 0.258 e. The van der Waals surface area contributed by atoms with Gasteiger partial charge < -0.3 is 10.1 Å². The molecule has 2 aromatic carbocycles. The van der Waals surface area contributed by atoms with Crippen LogP contribution in [0.2, 0.25) is 10.0 Å². The molecule has 114 valence electrons. The molecule has 5 heteroatoms. The zero-order valence-electron chi connectivity index (χ0n) is 11.8. The first-order valence-corrected chi connectivity index (χ1v) is 7.84. The Morgan fingerprint density at radius 1 is 1.23 bits per heavy atom. The molecule has 1 aliphatic rings. The van der Waals surface area contributed by atoms with Crippen molar-refractivity contribution in [3.63, 3.8) is 0 Å². The molecule has 1 N–H and O–H groups in total. The number of benzene rings is 2. The van der Waals surface area contributed by atoms with Crippen molar-refractivity contribution in [1.82, 2.24) is 5.32 Å². The van der Waals surface area contributed by atoms with Crippen molar-refractivity contribution in [2.75, 3.05) is 6.61 Å². The normalized spacial score (nSPS) is 16.2. The summed E-state index contributed by atoms with van der Waals surface area (Å²) in [7, 11) is 0. The highest BCUT2D eigenvalue weighted by molar-refractivity contribution is 6.35. The number of carbonyl (C=O) groups is 1. The van der Waals surface area contributed by atoms with Gasteiger partial charge in [-0.15, -0.1) is 0 Å². The zero-order chi connectivity index (χ0) is 15.5. The van der Waals surface area contributed by atoms with E-state index < -0.39 is 0 Å². The highest BCUT2D eigenvalue weighted by atomic mass is 35.5. The number of amides is 1. The van der Waals surface area contributed by atoms with Gasteiger partial charge in [-0.25, -0.2) is 0 Å². The molecule has 0 aromatic heterocycles. The smallest absolute Gasteiger partial charge is 0.258 e. The number of carbonyl (C=O) groups excluding carboxylic acids is 1. The second-order valence-corrected chi connectivity index (χ2v) is 6.06. The van der Waals surface area contributed by atoms with E-state index in [1.54, 1.807) is 18.2 Å². The Balaban J connectivity index is 1.57. The van der Waals surface area contributed by atoms with Crippen molar-refractivity contribution >= 4 is 29.1 Å². The van der Waals surface area contributed by atoms with Gasteiger partial charge in [-0.2, -0.15) is 0 Å². The summed E-state index contributed by atoms with van der Waals surface area (Å²) in [6.07, 6.45) is 1.91. The molecule has 2 aromatic rings. The number of ether oxygens (including phenoxy) is 1. The molecule has 0 aliphatic heterocycles. The van der Waals surface area contributed by atoms with E-state index in [0.717, 1.165) is 12.8 Å². The molecular formula is C17H15Cl2NO2. The molecular weight excluding hydrogens is 321 g/mol. The van der Waals surface area contributed by atoms with Gasteiger partial charge in [0.1, 0.15) is 5.75 Å². The van der Waals surface area contributed by atoms with Gasteiger partial charge in [0, 0.05) is 5.02 Å². The third-order valence-corrected chi connectivity index (χ3v) is 4.25. The fourth-order valence-electron chi connectivity index (χ4n) is 2.68. The summed E-state index contributed by atoms with van der Waals surface area (Å²) in [6, 6.07) is 13.2. The minimum atomic E-state index is -0.160. The quantitative estimate of drug-likeness (QED) is 0.910. The first-order valence-electron chi connectivity index (χ1n) is 7.08. The summed E-state index contributed by atoms with van der Waals surface area (Å²) in [5, 5.41) is 3.93. The van der Waals surface area contributed by atoms with E-state index in [-0.39, 0.29) is 18.6 Å². The van der Waals surface area contributed by atoms with E-state index >= 15 is 0 Å². The van der Waals surface area contributed by atoms with Gasteiger partial charge in [0.05, 0.1) is 11.1 Å². The van der Waals surface area contributed by atoms with Crippen LogP contribution >= 0.6 is 23.2 Å². The second kappa shape index (κ2) is 6.59. The molecule has 0 saturated carbocycles. The third kappa shape index (κ3) is 3.37. The van der Waals surface area contributed by atoms with Gasteiger partial charge in [0.25, 0.3) is 5.91 Å². The minimum Gasteiger partial charge on any atom is -0.482 e. The van der Waals surface area contributed by atoms with Crippen LogP contribution in [-0.2, 0) is 11.2 Å². The van der Waals surface area contributed by atoms with E-state index in [9.17, 15) is 4.79 Å². The van der Waals surface area contributed by atoms with Gasteiger partial charge >= 0.3 is 0 Å². The SMILES string of the molecule is O=C(COc1ccc(Cl)cc1Cl)N[C@@H]1CCc2ccccc21. The number of halogens is 2. The summed E-state index contributed by atoms with van der Waals surface area (Å²) in [5.74, 6) is 0.292. The fraction of sp³-hybridized carbons (Fsp3) is 0.235. The van der Waals surface area contributed by atoms with Crippen molar-refractivity contribution in [3.05, 3.63) is 63.6 Å². The van der Waals surface area contributed by atoms with Gasteiger partial charge in [0.15, 0.2) is 6.61 Å². The number of rotatable bonds is 4. The molecule has 0 heterocycles. The van der Waals surface area contributed by atoms with Gasteiger partial charge in [-0.05, 0) is 42.2 Å². The molecule has 3 rings (SSSR count). The molecule has 0 bridgehead atoms.